The van der Waals surface area contributed by atoms with Gasteiger partial charge in [0.25, 0.3) is 0 Å². The summed E-state index contributed by atoms with van der Waals surface area (Å²) in [4.78, 5) is 13.2. The second kappa shape index (κ2) is 8.63. The van der Waals surface area contributed by atoms with Gasteiger partial charge in [-0.1, -0.05) is 18.5 Å². The highest BCUT2D eigenvalue weighted by atomic mass is 35.5. The monoisotopic (exact) mass is 505 g/mol. The van der Waals surface area contributed by atoms with Crippen molar-refractivity contribution in [1.82, 2.24) is 19.5 Å². The number of rotatable bonds is 5. The molecule has 2 bridgehead atoms. The van der Waals surface area contributed by atoms with Gasteiger partial charge in [0.2, 0.25) is 5.95 Å². The van der Waals surface area contributed by atoms with E-state index in [0.717, 1.165) is 0 Å². The van der Waals surface area contributed by atoms with Crippen molar-refractivity contribution in [3.05, 3.63) is 35.0 Å². The highest BCUT2D eigenvalue weighted by molar-refractivity contribution is 6.33. The van der Waals surface area contributed by atoms with Crippen LogP contribution in [0.25, 0.3) is 22.3 Å². The molecule has 9 nitrogen and oxygen atoms in total. The molecule has 5 rings (SSSR count). The van der Waals surface area contributed by atoms with Crippen LogP contribution in [0.1, 0.15) is 46.5 Å². The quantitative estimate of drug-likeness (QED) is 0.481. The Hall–Kier alpha value is -2.37. The van der Waals surface area contributed by atoms with Crippen molar-refractivity contribution in [3.8, 4) is 11.3 Å². The third kappa shape index (κ3) is 4.17. The number of anilines is 1. The first kappa shape index (κ1) is 24.3. The van der Waals surface area contributed by atoms with Gasteiger partial charge in [-0.05, 0) is 39.8 Å². The van der Waals surface area contributed by atoms with Crippen LogP contribution in [0.3, 0.4) is 0 Å². The maximum absolute atomic E-state index is 15.3. The first-order valence-electron chi connectivity index (χ1n) is 11.6. The average Bonchev–Trinajstić information content (AvgIpc) is 3.40. The van der Waals surface area contributed by atoms with E-state index in [1.165, 1.54) is 12.3 Å². The Morgan fingerprint density at radius 3 is 2.71 bits per heavy atom. The average molecular weight is 506 g/mol. The molecule has 2 saturated heterocycles. The van der Waals surface area contributed by atoms with E-state index in [2.05, 4.69) is 20.3 Å². The number of benzene rings is 1. The summed E-state index contributed by atoms with van der Waals surface area (Å²) < 4.78 is 28.3. The standard InChI is InChI=1S/C24H29ClFN5O4/c1-10(2)31-15-7-12(6-14(26)19(15)28-22(31)24(4,5)33)18-13(25)8-27-23(30-18)29-17-11(3)21-34-9-16(35-21)20(17)32/h6-8,10-11,16-17,20-21,32-33H,9H2,1-5H3,(H,27,29,30)/t11-,16+,17?,20-,21+/m1/s1. The van der Waals surface area contributed by atoms with Gasteiger partial charge >= 0.3 is 0 Å². The summed E-state index contributed by atoms with van der Waals surface area (Å²) in [5.41, 5.74) is 0.207. The van der Waals surface area contributed by atoms with E-state index in [4.69, 9.17) is 21.1 Å². The van der Waals surface area contributed by atoms with Crippen molar-refractivity contribution in [2.45, 2.75) is 70.8 Å². The van der Waals surface area contributed by atoms with Crippen molar-refractivity contribution < 1.29 is 24.1 Å². The number of nitrogens with zero attached hydrogens (tertiary/aromatic N) is 4. The van der Waals surface area contributed by atoms with Gasteiger partial charge in [-0.3, -0.25) is 0 Å². The SMILES string of the molecule is CC(C)n1c(C(C)(C)O)nc2c(F)cc(-c3nc(NC4[C@@H](C)[C@H]5OC[C@H](O5)[C@H]4O)ncc3Cl)cc21. The molecule has 0 saturated carbocycles. The van der Waals surface area contributed by atoms with Crippen molar-refractivity contribution in [3.63, 3.8) is 0 Å². The molecule has 2 aromatic heterocycles. The van der Waals surface area contributed by atoms with Crippen LogP contribution in [-0.2, 0) is 15.1 Å². The van der Waals surface area contributed by atoms with Crippen LogP contribution in [-0.4, -0.2) is 60.9 Å². The van der Waals surface area contributed by atoms with Crippen LogP contribution >= 0.6 is 11.6 Å². The maximum Gasteiger partial charge on any atom is 0.223 e. The molecule has 0 spiro atoms. The van der Waals surface area contributed by atoms with Crippen LogP contribution in [0.4, 0.5) is 10.3 Å². The Bertz CT molecular complexity index is 1260. The number of fused-ring (bicyclic) bond motifs is 3. The second-order valence-corrected chi connectivity index (χ2v) is 10.5. The number of aliphatic hydroxyl groups excluding tert-OH is 1. The zero-order chi connectivity index (χ0) is 25.2. The van der Waals surface area contributed by atoms with Crippen LogP contribution in [0.2, 0.25) is 5.02 Å². The minimum Gasteiger partial charge on any atom is -0.388 e. The van der Waals surface area contributed by atoms with E-state index < -0.39 is 36.0 Å². The molecule has 4 heterocycles. The van der Waals surface area contributed by atoms with Gasteiger partial charge in [0.1, 0.15) is 29.2 Å². The molecule has 2 aliphatic heterocycles. The number of imidazole rings is 1. The van der Waals surface area contributed by atoms with E-state index >= 15 is 4.39 Å². The van der Waals surface area contributed by atoms with Crippen molar-refractivity contribution in [1.29, 1.82) is 0 Å². The fourth-order valence-electron chi connectivity index (χ4n) is 4.86. The van der Waals surface area contributed by atoms with Gasteiger partial charge in [0.15, 0.2) is 12.1 Å². The van der Waals surface area contributed by atoms with Gasteiger partial charge in [0, 0.05) is 17.5 Å². The van der Waals surface area contributed by atoms with Crippen LogP contribution < -0.4 is 5.32 Å². The number of aromatic nitrogens is 4. The van der Waals surface area contributed by atoms with Crippen LogP contribution in [0.5, 0.6) is 0 Å². The van der Waals surface area contributed by atoms with Gasteiger partial charge in [-0.15, -0.1) is 0 Å². The minimum absolute atomic E-state index is 0.0803. The molecule has 2 aliphatic rings. The van der Waals surface area contributed by atoms with Gasteiger partial charge in [-0.2, -0.15) is 0 Å². The maximum atomic E-state index is 15.3. The number of hydrogen-bond donors (Lipinski definition) is 3. The van der Waals surface area contributed by atoms with Crippen molar-refractivity contribution in [2.75, 3.05) is 11.9 Å². The third-order valence-electron chi connectivity index (χ3n) is 6.60. The minimum atomic E-state index is -1.26. The molecular formula is C24H29ClFN5O4. The number of ether oxygens (including phenoxy) is 2. The molecule has 0 radical (unpaired) electrons. The molecule has 3 aromatic rings. The predicted octanol–water partition coefficient (Wildman–Crippen LogP) is 3.63. The molecular weight excluding hydrogens is 477 g/mol. The van der Waals surface area contributed by atoms with Gasteiger partial charge in [0.05, 0.1) is 35.1 Å². The molecule has 3 N–H and O–H groups in total. The number of aliphatic hydroxyl groups is 2. The third-order valence-corrected chi connectivity index (χ3v) is 6.88. The zero-order valence-electron chi connectivity index (χ0n) is 20.2. The van der Waals surface area contributed by atoms with E-state index in [-0.39, 0.29) is 28.4 Å². The van der Waals surface area contributed by atoms with E-state index in [1.807, 2.05) is 25.3 Å². The highest BCUT2D eigenvalue weighted by Crippen LogP contribution is 2.36. The molecule has 35 heavy (non-hydrogen) atoms. The summed E-state index contributed by atoms with van der Waals surface area (Å²) in [5, 5.41) is 24.8. The van der Waals surface area contributed by atoms with Gasteiger partial charge in [-0.25, -0.2) is 19.3 Å². The smallest absolute Gasteiger partial charge is 0.223 e. The normalized spacial score (nSPS) is 26.6. The molecule has 5 atom stereocenters. The Morgan fingerprint density at radius 1 is 1.29 bits per heavy atom. The fourth-order valence-corrected chi connectivity index (χ4v) is 5.06. The summed E-state index contributed by atoms with van der Waals surface area (Å²) in [6.45, 7) is 9.37. The van der Waals surface area contributed by atoms with Gasteiger partial charge < -0.3 is 29.6 Å². The summed E-state index contributed by atoms with van der Waals surface area (Å²) in [6.07, 6.45) is -0.192. The Balaban J connectivity index is 1.56. The first-order valence-corrected chi connectivity index (χ1v) is 12.0. The summed E-state index contributed by atoms with van der Waals surface area (Å²) >= 11 is 6.44. The fraction of sp³-hybridized carbons (Fsp3) is 0.542. The molecule has 1 aromatic carbocycles. The second-order valence-electron chi connectivity index (χ2n) is 10.1. The topological polar surface area (TPSA) is 115 Å². The molecule has 11 heteroatoms. The Labute approximate surface area is 207 Å². The van der Waals surface area contributed by atoms with Crippen LogP contribution in [0, 0.1) is 11.7 Å². The lowest BCUT2D eigenvalue weighted by molar-refractivity contribution is -0.154. The van der Waals surface area contributed by atoms with Crippen molar-refractivity contribution in [2.24, 2.45) is 5.92 Å². The zero-order valence-corrected chi connectivity index (χ0v) is 20.9. The summed E-state index contributed by atoms with van der Waals surface area (Å²) in [6, 6.07) is 2.61. The van der Waals surface area contributed by atoms with Crippen LogP contribution in [0.15, 0.2) is 18.3 Å². The molecule has 1 unspecified atom stereocenters. The molecule has 0 amide bonds. The molecule has 0 aliphatic carbocycles. The molecule has 2 fully saturated rings. The van der Waals surface area contributed by atoms with E-state index in [9.17, 15) is 10.2 Å². The largest absolute Gasteiger partial charge is 0.388 e. The Morgan fingerprint density at radius 2 is 2.03 bits per heavy atom. The summed E-state index contributed by atoms with van der Waals surface area (Å²) in [5.74, 6) is -0.0830. The molecule has 188 valence electrons. The van der Waals surface area contributed by atoms with E-state index in [0.29, 0.717) is 29.2 Å². The number of hydrogen-bond acceptors (Lipinski definition) is 8. The number of nitrogens with one attached hydrogen (secondary N) is 1. The lowest BCUT2D eigenvalue weighted by Crippen LogP contribution is -2.53. The van der Waals surface area contributed by atoms with Crippen molar-refractivity contribution >= 4 is 28.6 Å². The lowest BCUT2D eigenvalue weighted by atomic mass is 9.91. The Kier molecular flexibility index (Phi) is 6.00. The highest BCUT2D eigenvalue weighted by Gasteiger charge is 2.48. The first-order chi connectivity index (χ1) is 16.5. The predicted molar refractivity (Wildman–Crippen MR) is 129 cm³/mol. The lowest BCUT2D eigenvalue weighted by Gasteiger charge is -2.37. The summed E-state index contributed by atoms with van der Waals surface area (Å²) in [7, 11) is 0. The van der Waals surface area contributed by atoms with E-state index in [1.54, 1.807) is 19.9 Å². The number of halogens is 2.